The summed E-state index contributed by atoms with van der Waals surface area (Å²) in [6.07, 6.45) is 2.65. The largest absolute Gasteiger partial charge is 0.478 e. The Morgan fingerprint density at radius 3 is 2.73 bits per heavy atom. The maximum absolute atomic E-state index is 13.3. The molecule has 0 spiro atoms. The second-order valence-corrected chi connectivity index (χ2v) is 3.15. The van der Waals surface area contributed by atoms with Gasteiger partial charge in [0, 0.05) is 5.56 Å². The number of hydrogen-bond acceptors (Lipinski definition) is 2. The van der Waals surface area contributed by atoms with Gasteiger partial charge in [0.05, 0.1) is 17.2 Å². The van der Waals surface area contributed by atoms with Gasteiger partial charge in [0.15, 0.2) is 0 Å². The molecule has 0 fully saturated rings. The van der Waals surface area contributed by atoms with Crippen molar-refractivity contribution in [2.45, 2.75) is 0 Å². The van der Waals surface area contributed by atoms with Crippen molar-refractivity contribution >= 4 is 23.6 Å². The summed E-state index contributed by atoms with van der Waals surface area (Å²) < 4.78 is 13.3. The summed E-state index contributed by atoms with van der Waals surface area (Å²) in [4.78, 5) is 10.6. The van der Waals surface area contributed by atoms with Gasteiger partial charge in [-0.3, -0.25) is 0 Å². The fraction of sp³-hybridized carbons (Fsp3) is 0.100. The van der Waals surface area contributed by atoms with Gasteiger partial charge < -0.3 is 10.2 Å². The Bertz CT molecular complexity index is 415. The predicted molar refractivity (Wildman–Crippen MR) is 54.5 cm³/mol. The number of carboxylic acids is 1. The van der Waals surface area contributed by atoms with E-state index >= 15 is 0 Å². The number of benzene rings is 1. The van der Waals surface area contributed by atoms with Crippen LogP contribution in [0, 0.1) is 5.82 Å². The van der Waals surface area contributed by atoms with Crippen LogP contribution in [0.15, 0.2) is 18.2 Å². The van der Waals surface area contributed by atoms with Gasteiger partial charge in [-0.1, -0.05) is 23.8 Å². The van der Waals surface area contributed by atoms with Gasteiger partial charge in [0.25, 0.3) is 0 Å². The van der Waals surface area contributed by atoms with E-state index in [1.807, 2.05) is 0 Å². The first-order valence-electron chi connectivity index (χ1n) is 4.06. The molecule has 2 N–H and O–H groups in total. The van der Waals surface area contributed by atoms with Crippen LogP contribution in [0.2, 0.25) is 5.02 Å². The summed E-state index contributed by atoms with van der Waals surface area (Å²) in [5, 5.41) is 17.1. The van der Waals surface area contributed by atoms with Crippen molar-refractivity contribution in [1.29, 1.82) is 0 Å². The molecular formula is C10H8ClFO3. The summed E-state index contributed by atoms with van der Waals surface area (Å²) in [6.45, 7) is -0.224. The Balaban J connectivity index is 3.19. The lowest BCUT2D eigenvalue weighted by molar-refractivity contribution is 0.0696. The van der Waals surface area contributed by atoms with Gasteiger partial charge in [0.1, 0.15) is 5.82 Å². The van der Waals surface area contributed by atoms with Crippen LogP contribution in [0.1, 0.15) is 15.9 Å². The topological polar surface area (TPSA) is 57.5 Å². The highest BCUT2D eigenvalue weighted by Gasteiger charge is 2.12. The first-order chi connectivity index (χ1) is 7.06. The lowest BCUT2D eigenvalue weighted by Gasteiger charge is -2.02. The molecule has 0 unspecified atom stereocenters. The molecular weight excluding hydrogens is 223 g/mol. The summed E-state index contributed by atoms with van der Waals surface area (Å²) in [5.74, 6) is -1.97. The van der Waals surface area contributed by atoms with Gasteiger partial charge >= 0.3 is 5.97 Å². The van der Waals surface area contributed by atoms with Crippen molar-refractivity contribution in [1.82, 2.24) is 0 Å². The quantitative estimate of drug-likeness (QED) is 0.837. The van der Waals surface area contributed by atoms with Crippen LogP contribution in [0.5, 0.6) is 0 Å². The van der Waals surface area contributed by atoms with Gasteiger partial charge in [-0.25, -0.2) is 9.18 Å². The minimum Gasteiger partial charge on any atom is -0.478 e. The normalized spacial score (nSPS) is 10.9. The molecule has 1 aromatic carbocycles. The van der Waals surface area contributed by atoms with E-state index in [0.717, 1.165) is 6.07 Å². The van der Waals surface area contributed by atoms with Crippen molar-refractivity contribution in [3.8, 4) is 0 Å². The zero-order valence-corrected chi connectivity index (χ0v) is 8.33. The number of aliphatic hydroxyl groups is 1. The molecule has 0 aliphatic carbocycles. The van der Waals surface area contributed by atoms with E-state index in [9.17, 15) is 9.18 Å². The lowest BCUT2D eigenvalue weighted by Crippen LogP contribution is -1.99. The van der Waals surface area contributed by atoms with Crippen molar-refractivity contribution in [3.05, 3.63) is 40.2 Å². The van der Waals surface area contributed by atoms with E-state index < -0.39 is 11.8 Å². The van der Waals surface area contributed by atoms with E-state index in [1.54, 1.807) is 0 Å². The first-order valence-corrected chi connectivity index (χ1v) is 4.43. The number of halogens is 2. The first kappa shape index (κ1) is 11.7. The molecule has 0 aromatic heterocycles. The highest BCUT2D eigenvalue weighted by Crippen LogP contribution is 2.21. The molecule has 0 radical (unpaired) electrons. The van der Waals surface area contributed by atoms with E-state index in [2.05, 4.69) is 0 Å². The zero-order chi connectivity index (χ0) is 11.4. The molecule has 0 saturated carbocycles. The van der Waals surface area contributed by atoms with E-state index in [1.165, 1.54) is 18.2 Å². The van der Waals surface area contributed by atoms with Crippen LogP contribution in [-0.4, -0.2) is 22.8 Å². The van der Waals surface area contributed by atoms with E-state index in [-0.39, 0.29) is 22.8 Å². The molecule has 0 atom stereocenters. The summed E-state index contributed by atoms with van der Waals surface area (Å²) in [7, 11) is 0. The van der Waals surface area contributed by atoms with E-state index in [0.29, 0.717) is 0 Å². The molecule has 0 aliphatic heterocycles. The molecule has 0 amide bonds. The lowest BCUT2D eigenvalue weighted by atomic mass is 10.1. The fourth-order valence-electron chi connectivity index (χ4n) is 1.03. The minimum absolute atomic E-state index is 0.0403. The monoisotopic (exact) mass is 230 g/mol. The van der Waals surface area contributed by atoms with Gasteiger partial charge in [-0.05, 0) is 12.1 Å². The van der Waals surface area contributed by atoms with Crippen LogP contribution in [0.3, 0.4) is 0 Å². The minimum atomic E-state index is -1.28. The Labute approximate surface area is 90.4 Å². The Kier molecular flexibility index (Phi) is 3.82. The molecule has 3 nitrogen and oxygen atoms in total. The van der Waals surface area contributed by atoms with Crippen LogP contribution in [-0.2, 0) is 0 Å². The zero-order valence-electron chi connectivity index (χ0n) is 7.58. The van der Waals surface area contributed by atoms with Crippen molar-refractivity contribution in [2.24, 2.45) is 0 Å². The number of carbonyl (C=O) groups is 1. The average molecular weight is 231 g/mol. The van der Waals surface area contributed by atoms with Crippen molar-refractivity contribution < 1.29 is 19.4 Å². The molecule has 1 rings (SSSR count). The highest BCUT2D eigenvalue weighted by molar-refractivity contribution is 6.33. The summed E-state index contributed by atoms with van der Waals surface area (Å²) in [5.41, 5.74) is -0.144. The highest BCUT2D eigenvalue weighted by atomic mass is 35.5. The van der Waals surface area contributed by atoms with Crippen molar-refractivity contribution in [3.63, 3.8) is 0 Å². The van der Waals surface area contributed by atoms with Crippen LogP contribution < -0.4 is 0 Å². The molecule has 1 aromatic rings. The molecule has 0 aliphatic rings. The third-order valence-electron chi connectivity index (χ3n) is 1.72. The van der Waals surface area contributed by atoms with Gasteiger partial charge in [-0.2, -0.15) is 0 Å². The van der Waals surface area contributed by atoms with Crippen LogP contribution in [0.25, 0.3) is 6.08 Å². The maximum atomic E-state index is 13.3. The SMILES string of the molecule is O=C(O)c1cc(F)c(C=CCO)cc1Cl. The standard InChI is InChI=1S/C10H8ClFO3/c11-8-4-6(2-1-3-13)9(12)5-7(8)10(14)15/h1-2,4-5,13H,3H2,(H,14,15). The predicted octanol–water partition coefficient (Wildman–Crippen LogP) is 2.18. The maximum Gasteiger partial charge on any atom is 0.337 e. The third-order valence-corrected chi connectivity index (χ3v) is 2.03. The fourth-order valence-corrected chi connectivity index (χ4v) is 1.29. The number of rotatable bonds is 3. The molecule has 0 bridgehead atoms. The van der Waals surface area contributed by atoms with Gasteiger partial charge in [-0.15, -0.1) is 0 Å². The van der Waals surface area contributed by atoms with Crippen LogP contribution in [0.4, 0.5) is 4.39 Å². The second-order valence-electron chi connectivity index (χ2n) is 2.74. The number of carboxylic acid groups (broad SMARTS) is 1. The Morgan fingerprint density at radius 2 is 2.20 bits per heavy atom. The Morgan fingerprint density at radius 1 is 1.53 bits per heavy atom. The molecule has 5 heteroatoms. The summed E-state index contributed by atoms with van der Waals surface area (Å²) >= 11 is 5.63. The third kappa shape index (κ3) is 2.78. The van der Waals surface area contributed by atoms with E-state index in [4.69, 9.17) is 21.8 Å². The Hall–Kier alpha value is -1.39. The van der Waals surface area contributed by atoms with Gasteiger partial charge in [0.2, 0.25) is 0 Å². The second kappa shape index (κ2) is 4.91. The summed E-state index contributed by atoms with van der Waals surface area (Å²) in [6, 6.07) is 2.05. The number of aliphatic hydroxyl groups excluding tert-OH is 1. The number of aromatic carboxylic acids is 1. The molecule has 0 heterocycles. The smallest absolute Gasteiger partial charge is 0.337 e. The molecule has 0 saturated heterocycles. The van der Waals surface area contributed by atoms with Crippen LogP contribution >= 0.6 is 11.6 Å². The number of hydrogen-bond donors (Lipinski definition) is 2. The average Bonchev–Trinajstić information content (AvgIpc) is 2.18. The molecule has 80 valence electrons. The van der Waals surface area contributed by atoms with Crippen molar-refractivity contribution in [2.75, 3.05) is 6.61 Å². The molecule has 15 heavy (non-hydrogen) atoms.